The highest BCUT2D eigenvalue weighted by molar-refractivity contribution is 6.05. The van der Waals surface area contributed by atoms with Gasteiger partial charge in [0.25, 0.3) is 0 Å². The van der Waals surface area contributed by atoms with Crippen LogP contribution in [0.5, 0.6) is 11.5 Å². The maximum atomic E-state index is 6.19. The number of ether oxygens (including phenoxy) is 6. The van der Waals surface area contributed by atoms with Crippen molar-refractivity contribution in [1.82, 2.24) is 59.9 Å². The molecule has 126 heavy (non-hydrogen) atoms. The molecule has 0 spiro atoms. The molecule has 22 bridgehead atoms. The highest BCUT2D eigenvalue weighted by Crippen LogP contribution is 2.46. The molecule has 2 N–H and O–H groups in total. The van der Waals surface area contributed by atoms with Gasteiger partial charge in [-0.05, 0) is 216 Å². The average molecular weight is 1680 g/mol. The van der Waals surface area contributed by atoms with Crippen LogP contribution in [0.1, 0.15) is 181 Å². The molecule has 18 nitrogen and oxygen atoms in total. The summed E-state index contributed by atoms with van der Waals surface area (Å²) in [5.41, 5.74) is 29.3. The zero-order valence-electron chi connectivity index (χ0n) is 76.2. The van der Waals surface area contributed by atoms with Crippen molar-refractivity contribution in [1.29, 1.82) is 0 Å². The number of nitrogens with zero attached hydrogens (tertiary/aromatic N) is 10. The Kier molecular flexibility index (Phi) is 23.5. The SMILES string of the molecule is CC(C)(C)c1cc(-c2c3nc(c(-c4cc(C(C)(C)C)cc(C(C)(C)C)c4)c4ccc([nH]4)c(-c4cc(C(C)(C)C)cc(C(C)(C)C)c4)c4nc(c(-c5cc6cc(c5)-c5cn(nn5)CCOCCOCCOc5ccc(cc5)-c5ccc7ccc8ccc(nc8c7n5)-c5ccc(cc5)OCCOCCOCCn5cc-6nn5)c5ccc2[nH]5)C=C4)C=C3)cc(C(C)(C)C)c1. The van der Waals surface area contributed by atoms with Crippen LogP contribution in [-0.2, 0) is 64.5 Å². The van der Waals surface area contributed by atoms with E-state index in [2.05, 4.69) is 292 Å². The Morgan fingerprint density at radius 1 is 0.262 bits per heavy atom. The lowest BCUT2D eigenvalue weighted by Gasteiger charge is -2.26. The van der Waals surface area contributed by atoms with E-state index in [1.807, 2.05) is 70.3 Å². The Labute approximate surface area is 740 Å². The number of H-pyrrole nitrogens is 2. The monoisotopic (exact) mass is 1680 g/mol. The van der Waals surface area contributed by atoms with Crippen molar-refractivity contribution in [2.45, 2.75) is 170 Å². The zero-order chi connectivity index (χ0) is 88.2. The molecule has 644 valence electrons. The van der Waals surface area contributed by atoms with Gasteiger partial charge >= 0.3 is 0 Å². The fourth-order valence-corrected chi connectivity index (χ4v) is 16.4. The van der Waals surface area contributed by atoms with Gasteiger partial charge in [-0.15, -0.1) is 10.2 Å². The Balaban J connectivity index is 0.782. The first-order chi connectivity index (χ1) is 60.1. The van der Waals surface area contributed by atoms with E-state index >= 15 is 0 Å². The molecule has 0 saturated heterocycles. The smallest absolute Gasteiger partial charge is 0.119 e. The van der Waals surface area contributed by atoms with E-state index in [-0.39, 0.29) is 32.5 Å². The molecule has 0 amide bonds. The molecule has 12 heterocycles. The zero-order valence-corrected chi connectivity index (χ0v) is 76.2. The third-order valence-electron chi connectivity index (χ3n) is 24.0. The lowest BCUT2D eigenvalue weighted by Crippen LogP contribution is -2.16. The number of aromatic nitrogens is 12. The maximum Gasteiger partial charge on any atom is 0.119 e. The maximum absolute atomic E-state index is 6.19. The van der Waals surface area contributed by atoms with Crippen LogP contribution >= 0.6 is 0 Å². The van der Waals surface area contributed by atoms with Gasteiger partial charge in [0.1, 0.15) is 36.1 Å². The van der Waals surface area contributed by atoms with Gasteiger partial charge in [0.2, 0.25) is 0 Å². The van der Waals surface area contributed by atoms with Gasteiger partial charge in [-0.1, -0.05) is 214 Å². The molecule has 5 aliphatic rings. The average Bonchev–Trinajstić information content (AvgIpc) is 1.54. The first kappa shape index (κ1) is 85.8. The minimum absolute atomic E-state index is 0.162. The summed E-state index contributed by atoms with van der Waals surface area (Å²) in [5.74, 6) is 1.48. The molecule has 0 fully saturated rings. The van der Waals surface area contributed by atoms with Crippen LogP contribution in [0.3, 0.4) is 0 Å². The van der Waals surface area contributed by atoms with Crippen LogP contribution < -0.4 is 9.47 Å². The number of rotatable bonds is 4. The van der Waals surface area contributed by atoms with Crippen molar-refractivity contribution in [2.75, 3.05) is 66.1 Å². The van der Waals surface area contributed by atoms with Gasteiger partial charge in [-0.25, -0.2) is 29.3 Å². The van der Waals surface area contributed by atoms with Crippen molar-refractivity contribution in [3.8, 4) is 101 Å². The van der Waals surface area contributed by atoms with Crippen LogP contribution in [0, 0.1) is 0 Å². The second kappa shape index (κ2) is 34.6. The molecule has 0 unspecified atom stereocenters. The van der Waals surface area contributed by atoms with Crippen LogP contribution in [0.4, 0.5) is 0 Å². The van der Waals surface area contributed by atoms with E-state index in [1.54, 1.807) is 0 Å². The van der Waals surface area contributed by atoms with Gasteiger partial charge in [-0.2, -0.15) is 0 Å². The number of hydrogen-bond donors (Lipinski definition) is 2. The number of aromatic amines is 2. The third-order valence-corrected chi connectivity index (χ3v) is 24.0. The minimum atomic E-state index is -0.191. The summed E-state index contributed by atoms with van der Waals surface area (Å²) < 4.78 is 40.4. The number of hydrogen-bond acceptors (Lipinski definition) is 14. The molecular formula is C108H116N12O6. The Morgan fingerprint density at radius 2 is 0.540 bits per heavy atom. The standard InChI is InChI=1S/C108H116N12O6/c1-103(2,3)77-56-74(57-78(62-77)104(4,5)6)98-89-35-33-87(109-89)97(88-34-36-90(110-88)99(75-58-79(105(7,8)9)63-80(59-75)106(10,11)12)92-38-40-94(112-92)100(93-39-37-91(98)111-93)76-60-81(107(13,14)15)64-82(61-76)108(16,17)18)73-54-71-53-72(55-73)96-66-120(118-116-96)42-44-122-46-48-124-50-52-126-84-29-23-68(24-30-84)86-32-26-70-20-19-69-25-31-85(113-101(69)102(70)114-86)67-21-27-83(28-22-67)125-51-49-123-47-45-121-43-41-119-65-95(71)115-117-119/h19-40,53-66,109,112H,41-52H2,1-18H3. The summed E-state index contributed by atoms with van der Waals surface area (Å²) >= 11 is 0. The van der Waals surface area contributed by atoms with Crippen LogP contribution in [0.2, 0.25) is 0 Å². The van der Waals surface area contributed by atoms with Crippen molar-refractivity contribution >= 4 is 68.2 Å². The molecule has 7 aromatic heterocycles. The van der Waals surface area contributed by atoms with Gasteiger partial charge in [0.15, 0.2) is 0 Å². The Hall–Kier alpha value is -12.3. The molecule has 0 aliphatic carbocycles. The molecule has 0 saturated carbocycles. The minimum Gasteiger partial charge on any atom is -0.491 e. The van der Waals surface area contributed by atoms with E-state index in [1.165, 1.54) is 33.4 Å². The summed E-state index contributed by atoms with van der Waals surface area (Å²) in [6.07, 6.45) is 12.8. The van der Waals surface area contributed by atoms with Crippen LogP contribution in [-0.4, -0.2) is 126 Å². The summed E-state index contributed by atoms with van der Waals surface area (Å²) in [5, 5.41) is 21.3. The second-order valence-corrected chi connectivity index (χ2v) is 39.7. The molecule has 14 aromatic rings. The van der Waals surface area contributed by atoms with E-state index in [0.29, 0.717) is 90.5 Å². The summed E-state index contributed by atoms with van der Waals surface area (Å²) in [4.78, 5) is 30.6. The highest BCUT2D eigenvalue weighted by Gasteiger charge is 2.30. The van der Waals surface area contributed by atoms with Gasteiger partial charge in [-0.3, -0.25) is 0 Å². The summed E-state index contributed by atoms with van der Waals surface area (Å²) in [6, 6.07) is 65.5. The predicted octanol–water partition coefficient (Wildman–Crippen LogP) is 24.6. The topological polar surface area (TPSA) is 200 Å². The van der Waals surface area contributed by atoms with Crippen LogP contribution in [0.15, 0.2) is 194 Å². The lowest BCUT2D eigenvalue weighted by atomic mass is 9.78. The van der Waals surface area contributed by atoms with E-state index < -0.39 is 0 Å². The molecular weight excluding hydrogens is 1560 g/mol. The van der Waals surface area contributed by atoms with E-state index in [9.17, 15) is 0 Å². The lowest BCUT2D eigenvalue weighted by molar-refractivity contribution is 0.0333. The van der Waals surface area contributed by atoms with Crippen molar-refractivity contribution in [2.24, 2.45) is 0 Å². The van der Waals surface area contributed by atoms with Crippen molar-refractivity contribution in [3.63, 3.8) is 0 Å². The molecule has 5 aliphatic heterocycles. The Morgan fingerprint density at radius 3 is 0.849 bits per heavy atom. The van der Waals surface area contributed by atoms with Crippen molar-refractivity contribution < 1.29 is 28.4 Å². The largest absolute Gasteiger partial charge is 0.491 e. The van der Waals surface area contributed by atoms with E-state index in [4.69, 9.17) is 69.0 Å². The number of nitrogens with one attached hydrogen (secondary N) is 2. The number of fused-ring (bicyclic) bond motifs is 10. The molecule has 0 atom stereocenters. The number of benzene rings is 7. The normalized spacial score (nSPS) is 14.6. The quantitative estimate of drug-likeness (QED) is 0.158. The highest BCUT2D eigenvalue weighted by atomic mass is 16.5. The predicted molar refractivity (Wildman–Crippen MR) is 513 cm³/mol. The number of pyridine rings is 2. The summed E-state index contributed by atoms with van der Waals surface area (Å²) in [6.45, 7) is 46.2. The molecule has 18 heteroatoms. The van der Waals surface area contributed by atoms with E-state index in [0.717, 1.165) is 156 Å². The fraction of sp³-hybridized carbons (Fsp3) is 0.333. The second-order valence-electron chi connectivity index (χ2n) is 39.7. The van der Waals surface area contributed by atoms with Gasteiger partial charge in [0, 0.05) is 77.3 Å². The first-order valence-electron chi connectivity index (χ1n) is 44.3. The Bertz CT molecular complexity index is 6330. The molecule has 19 rings (SSSR count). The van der Waals surface area contributed by atoms with Crippen LogP contribution in [0.25, 0.3) is 158 Å². The summed E-state index contributed by atoms with van der Waals surface area (Å²) in [7, 11) is 0. The van der Waals surface area contributed by atoms with Crippen molar-refractivity contribution in [3.05, 3.63) is 251 Å². The first-order valence-corrected chi connectivity index (χ1v) is 44.3. The molecule has 0 radical (unpaired) electrons. The van der Waals surface area contributed by atoms with Gasteiger partial charge < -0.3 is 38.4 Å². The van der Waals surface area contributed by atoms with Gasteiger partial charge in [0.05, 0.1) is 124 Å². The molecule has 7 aromatic carbocycles. The fourth-order valence-electron chi connectivity index (χ4n) is 16.4. The third kappa shape index (κ3) is 19.0.